The average Bonchev–Trinajstić information content (AvgIpc) is 2.35. The number of unbranched alkanes of at least 4 members (excludes halogenated alkanes) is 2. The zero-order valence-electron chi connectivity index (χ0n) is 13.9. The normalized spacial score (nSPS) is 13.9. The average molecular weight is 268 g/mol. The van der Waals surface area contributed by atoms with E-state index in [9.17, 15) is 9.59 Å². The predicted octanol–water partition coefficient (Wildman–Crippen LogP) is 4.66. The lowest BCUT2D eigenvalue weighted by Gasteiger charge is -2.36. The van der Waals surface area contributed by atoms with Gasteiger partial charge in [0, 0.05) is 11.3 Å². The molecule has 0 saturated carbocycles. The largest absolute Gasteiger partial charge is 0.291 e. The molecule has 0 fully saturated rings. The highest BCUT2D eigenvalue weighted by molar-refractivity contribution is 6.39. The summed E-state index contributed by atoms with van der Waals surface area (Å²) in [7, 11) is 0. The number of carbonyl (C=O) groups is 2. The monoisotopic (exact) mass is 268 g/mol. The molecule has 0 spiro atoms. The maximum Gasteiger partial charge on any atom is 0.205 e. The van der Waals surface area contributed by atoms with Gasteiger partial charge in [0.2, 0.25) is 11.6 Å². The van der Waals surface area contributed by atoms with E-state index in [1.165, 1.54) is 0 Å². The SMILES string of the molecule is CCCCCC(C)C(=O)C(=O)C(C)(C(C)C)C(C)C. The second-order valence-electron chi connectivity index (χ2n) is 6.68. The third-order valence-electron chi connectivity index (χ3n) is 4.80. The smallest absolute Gasteiger partial charge is 0.205 e. The van der Waals surface area contributed by atoms with Crippen molar-refractivity contribution in [3.8, 4) is 0 Å². The molecule has 0 radical (unpaired) electrons. The van der Waals surface area contributed by atoms with E-state index in [-0.39, 0.29) is 29.3 Å². The van der Waals surface area contributed by atoms with Gasteiger partial charge in [-0.05, 0) is 18.3 Å². The summed E-state index contributed by atoms with van der Waals surface area (Å²) in [5.41, 5.74) is -0.532. The molecule has 0 heterocycles. The highest BCUT2D eigenvalue weighted by Gasteiger charge is 2.43. The lowest BCUT2D eigenvalue weighted by atomic mass is 9.65. The molecule has 112 valence electrons. The molecular weight excluding hydrogens is 236 g/mol. The van der Waals surface area contributed by atoms with Crippen LogP contribution in [-0.2, 0) is 9.59 Å². The van der Waals surface area contributed by atoms with Gasteiger partial charge in [0.15, 0.2) is 0 Å². The molecule has 0 aromatic heterocycles. The summed E-state index contributed by atoms with van der Waals surface area (Å²) >= 11 is 0. The molecule has 1 atom stereocenters. The van der Waals surface area contributed by atoms with Crippen molar-refractivity contribution in [2.75, 3.05) is 0 Å². The van der Waals surface area contributed by atoms with Gasteiger partial charge in [0.05, 0.1) is 0 Å². The van der Waals surface area contributed by atoms with Gasteiger partial charge in [-0.25, -0.2) is 0 Å². The van der Waals surface area contributed by atoms with E-state index >= 15 is 0 Å². The summed E-state index contributed by atoms with van der Waals surface area (Å²) in [6.07, 6.45) is 4.16. The molecule has 0 aliphatic heterocycles. The fraction of sp³-hybridized carbons (Fsp3) is 0.882. The van der Waals surface area contributed by atoms with Crippen LogP contribution in [0.25, 0.3) is 0 Å². The van der Waals surface area contributed by atoms with Crippen LogP contribution in [0.4, 0.5) is 0 Å². The van der Waals surface area contributed by atoms with Crippen molar-refractivity contribution < 1.29 is 9.59 Å². The van der Waals surface area contributed by atoms with Gasteiger partial charge in [-0.15, -0.1) is 0 Å². The van der Waals surface area contributed by atoms with Crippen LogP contribution in [0.15, 0.2) is 0 Å². The Morgan fingerprint density at radius 3 is 1.79 bits per heavy atom. The number of ketones is 2. The van der Waals surface area contributed by atoms with E-state index in [1.807, 2.05) is 41.5 Å². The summed E-state index contributed by atoms with van der Waals surface area (Å²) < 4.78 is 0. The van der Waals surface area contributed by atoms with Gasteiger partial charge in [-0.3, -0.25) is 9.59 Å². The quantitative estimate of drug-likeness (QED) is 0.450. The highest BCUT2D eigenvalue weighted by atomic mass is 16.2. The Balaban J connectivity index is 4.83. The topological polar surface area (TPSA) is 34.1 Å². The van der Waals surface area contributed by atoms with Gasteiger partial charge in [-0.1, -0.05) is 67.7 Å². The fourth-order valence-corrected chi connectivity index (χ4v) is 2.51. The maximum atomic E-state index is 12.6. The number of rotatable bonds is 9. The van der Waals surface area contributed by atoms with Crippen LogP contribution < -0.4 is 0 Å². The van der Waals surface area contributed by atoms with Crippen molar-refractivity contribution >= 4 is 11.6 Å². The standard InChI is InChI=1S/C17H32O2/c1-8-9-10-11-14(6)15(18)16(19)17(7,12(2)3)13(4)5/h12-14H,8-11H2,1-7H3. The predicted molar refractivity (Wildman–Crippen MR) is 81.1 cm³/mol. The van der Waals surface area contributed by atoms with Crippen LogP contribution >= 0.6 is 0 Å². The van der Waals surface area contributed by atoms with Gasteiger partial charge in [-0.2, -0.15) is 0 Å². The van der Waals surface area contributed by atoms with E-state index in [4.69, 9.17) is 0 Å². The minimum Gasteiger partial charge on any atom is -0.291 e. The molecule has 0 N–H and O–H groups in total. The zero-order valence-corrected chi connectivity index (χ0v) is 13.9. The molecule has 0 amide bonds. The van der Waals surface area contributed by atoms with Crippen molar-refractivity contribution in [3.05, 3.63) is 0 Å². The first-order valence-electron chi connectivity index (χ1n) is 7.78. The van der Waals surface area contributed by atoms with Crippen LogP contribution in [0.5, 0.6) is 0 Å². The third kappa shape index (κ3) is 4.43. The molecule has 0 aromatic carbocycles. The molecule has 0 aromatic rings. The van der Waals surface area contributed by atoms with Crippen molar-refractivity contribution in [1.29, 1.82) is 0 Å². The van der Waals surface area contributed by atoms with Gasteiger partial charge in [0.25, 0.3) is 0 Å². The summed E-state index contributed by atoms with van der Waals surface area (Å²) in [5, 5.41) is 0. The minimum atomic E-state index is -0.532. The van der Waals surface area contributed by atoms with Crippen molar-refractivity contribution in [3.63, 3.8) is 0 Å². The Bertz CT molecular complexity index is 294. The molecule has 19 heavy (non-hydrogen) atoms. The van der Waals surface area contributed by atoms with Crippen molar-refractivity contribution in [2.45, 2.75) is 74.1 Å². The number of hydrogen-bond donors (Lipinski definition) is 0. The Hall–Kier alpha value is -0.660. The molecule has 0 rings (SSSR count). The van der Waals surface area contributed by atoms with Crippen LogP contribution in [0.2, 0.25) is 0 Å². The van der Waals surface area contributed by atoms with E-state index < -0.39 is 5.41 Å². The van der Waals surface area contributed by atoms with Crippen molar-refractivity contribution in [2.24, 2.45) is 23.2 Å². The fourth-order valence-electron chi connectivity index (χ4n) is 2.51. The second kappa shape index (κ2) is 7.81. The molecule has 0 saturated heterocycles. The number of carbonyl (C=O) groups excluding carboxylic acids is 2. The lowest BCUT2D eigenvalue weighted by molar-refractivity contribution is -0.147. The van der Waals surface area contributed by atoms with Crippen LogP contribution in [0.3, 0.4) is 0 Å². The van der Waals surface area contributed by atoms with Crippen LogP contribution in [0.1, 0.15) is 74.1 Å². The Morgan fingerprint density at radius 1 is 0.947 bits per heavy atom. The van der Waals surface area contributed by atoms with E-state index in [0.29, 0.717) is 0 Å². The summed E-state index contributed by atoms with van der Waals surface area (Å²) in [4.78, 5) is 24.9. The van der Waals surface area contributed by atoms with Crippen LogP contribution in [-0.4, -0.2) is 11.6 Å². The first-order valence-corrected chi connectivity index (χ1v) is 7.78. The van der Waals surface area contributed by atoms with Gasteiger partial charge in [0.1, 0.15) is 0 Å². The highest BCUT2D eigenvalue weighted by Crippen LogP contribution is 2.37. The Labute approximate surface area is 119 Å². The van der Waals surface area contributed by atoms with E-state index in [2.05, 4.69) is 6.92 Å². The summed E-state index contributed by atoms with van der Waals surface area (Å²) in [5.74, 6) is -0.0861. The lowest BCUT2D eigenvalue weighted by Crippen LogP contribution is -2.44. The molecule has 2 heteroatoms. The minimum absolute atomic E-state index is 0.129. The van der Waals surface area contributed by atoms with E-state index in [1.54, 1.807) is 0 Å². The Kier molecular flexibility index (Phi) is 7.54. The van der Waals surface area contributed by atoms with Gasteiger partial charge < -0.3 is 0 Å². The van der Waals surface area contributed by atoms with Crippen molar-refractivity contribution in [1.82, 2.24) is 0 Å². The van der Waals surface area contributed by atoms with E-state index in [0.717, 1.165) is 25.7 Å². The number of hydrogen-bond acceptors (Lipinski definition) is 2. The summed E-state index contributed by atoms with van der Waals surface area (Å²) in [6, 6.07) is 0. The first-order chi connectivity index (χ1) is 8.69. The first kappa shape index (κ1) is 18.3. The molecule has 0 aliphatic carbocycles. The number of Topliss-reactive ketones (excluding diaryl/α,β-unsaturated/α-hetero) is 2. The zero-order chi connectivity index (χ0) is 15.2. The maximum absolute atomic E-state index is 12.6. The second-order valence-corrected chi connectivity index (χ2v) is 6.68. The molecule has 2 nitrogen and oxygen atoms in total. The molecule has 0 bridgehead atoms. The van der Waals surface area contributed by atoms with Crippen LogP contribution in [0, 0.1) is 23.2 Å². The van der Waals surface area contributed by atoms with Gasteiger partial charge >= 0.3 is 0 Å². The Morgan fingerprint density at radius 2 is 1.42 bits per heavy atom. The summed E-state index contributed by atoms with van der Waals surface area (Å²) in [6.45, 7) is 14.1. The third-order valence-corrected chi connectivity index (χ3v) is 4.80. The molecule has 1 unspecified atom stereocenters. The molecule has 0 aliphatic rings. The molecular formula is C17H32O2.